The number of rotatable bonds is 0. The monoisotopic (exact) mass is 185 g/mol. The van der Waals surface area contributed by atoms with Gasteiger partial charge < -0.3 is 5.73 Å². The Morgan fingerprint density at radius 1 is 1.00 bits per heavy atom. The highest BCUT2D eigenvalue weighted by molar-refractivity contribution is 4.94. The van der Waals surface area contributed by atoms with E-state index in [1.54, 1.807) is 25.7 Å². The highest BCUT2D eigenvalue weighted by Gasteiger charge is 2.43. The van der Waals surface area contributed by atoms with Crippen molar-refractivity contribution in [3.63, 3.8) is 0 Å². The molecule has 2 N–H and O–H groups in total. The van der Waals surface area contributed by atoms with Crippen LogP contribution in [-0.4, -0.2) is 7.05 Å². The van der Waals surface area contributed by atoms with Crippen molar-refractivity contribution in [2.75, 3.05) is 7.05 Å². The van der Waals surface area contributed by atoms with Gasteiger partial charge >= 0.3 is 0 Å². The lowest BCUT2D eigenvalue weighted by atomic mass is 9.62. The Bertz CT molecular complexity index is 106. The predicted molar refractivity (Wildman–Crippen MR) is 60.8 cm³/mol. The first-order valence-corrected chi connectivity index (χ1v) is 5.89. The van der Waals surface area contributed by atoms with E-state index in [1.807, 2.05) is 13.8 Å². The van der Waals surface area contributed by atoms with Crippen molar-refractivity contribution in [3.05, 3.63) is 0 Å². The predicted octanol–water partition coefficient (Wildman–Crippen LogP) is 3.58. The van der Waals surface area contributed by atoms with Crippen LogP contribution in [0.25, 0.3) is 0 Å². The third-order valence-electron chi connectivity index (χ3n) is 3.23. The molecule has 2 rings (SSSR count). The van der Waals surface area contributed by atoms with Crippen LogP contribution in [0.2, 0.25) is 0 Å². The largest absolute Gasteiger partial charge is 0.333 e. The molecule has 1 nitrogen and oxygen atoms in total. The summed E-state index contributed by atoms with van der Waals surface area (Å²) in [6.45, 7) is 6.39. The average Bonchev–Trinajstić information content (AvgIpc) is 2.60. The van der Waals surface area contributed by atoms with Crippen LogP contribution in [0.5, 0.6) is 0 Å². The van der Waals surface area contributed by atoms with Gasteiger partial charge in [0.25, 0.3) is 0 Å². The quantitative estimate of drug-likeness (QED) is 0.613. The molecule has 13 heavy (non-hydrogen) atoms. The first-order valence-electron chi connectivity index (χ1n) is 5.89. The van der Waals surface area contributed by atoms with E-state index in [4.69, 9.17) is 0 Å². The molecule has 1 spiro atoms. The van der Waals surface area contributed by atoms with Crippen LogP contribution in [0.15, 0.2) is 0 Å². The minimum atomic E-state index is 0.888. The molecule has 0 saturated heterocycles. The molecule has 2 fully saturated rings. The topological polar surface area (TPSA) is 26.0 Å². The summed E-state index contributed by atoms with van der Waals surface area (Å²) in [5, 5.41) is 0. The Kier molecular flexibility index (Phi) is 6.40. The Balaban J connectivity index is 0.000000322. The van der Waals surface area contributed by atoms with Gasteiger partial charge in [0.05, 0.1) is 0 Å². The van der Waals surface area contributed by atoms with Crippen LogP contribution in [0.3, 0.4) is 0 Å². The summed E-state index contributed by atoms with van der Waals surface area (Å²) in [4.78, 5) is 0. The molecular weight excluding hydrogens is 158 g/mol. The van der Waals surface area contributed by atoms with Crippen molar-refractivity contribution in [3.8, 4) is 0 Å². The molecule has 0 aromatic heterocycles. The first-order chi connectivity index (χ1) is 6.31. The molecule has 0 aromatic rings. The van der Waals surface area contributed by atoms with Crippen LogP contribution >= 0.6 is 0 Å². The van der Waals surface area contributed by atoms with Gasteiger partial charge in [0, 0.05) is 0 Å². The zero-order valence-corrected chi connectivity index (χ0v) is 9.90. The van der Waals surface area contributed by atoms with Crippen molar-refractivity contribution >= 4 is 0 Å². The highest BCUT2D eigenvalue weighted by atomic mass is 14.5. The summed E-state index contributed by atoms with van der Waals surface area (Å²) in [5.74, 6) is 1.06. The van der Waals surface area contributed by atoms with Crippen LogP contribution in [0.1, 0.15) is 59.3 Å². The van der Waals surface area contributed by atoms with Gasteiger partial charge in [-0.2, -0.15) is 0 Å². The van der Waals surface area contributed by atoms with E-state index in [0.29, 0.717) is 0 Å². The van der Waals surface area contributed by atoms with Crippen LogP contribution in [0.4, 0.5) is 0 Å². The van der Waals surface area contributed by atoms with Gasteiger partial charge in [-0.1, -0.05) is 33.6 Å². The Labute approximate surface area is 84.1 Å². The van der Waals surface area contributed by atoms with E-state index >= 15 is 0 Å². The van der Waals surface area contributed by atoms with E-state index < -0.39 is 0 Å². The molecule has 0 heterocycles. The van der Waals surface area contributed by atoms with Crippen LogP contribution in [0, 0.1) is 11.3 Å². The fourth-order valence-electron chi connectivity index (χ4n) is 2.95. The SMILES string of the molecule is CC.CC1CC2(CCCC2)C1.CN. The van der Waals surface area contributed by atoms with Crippen molar-refractivity contribution in [2.45, 2.75) is 59.3 Å². The van der Waals surface area contributed by atoms with Crippen molar-refractivity contribution in [1.82, 2.24) is 0 Å². The molecule has 1 heteroatoms. The number of hydrogen-bond acceptors (Lipinski definition) is 1. The van der Waals surface area contributed by atoms with Crippen LogP contribution < -0.4 is 5.73 Å². The molecular formula is C12H27N. The smallest absolute Gasteiger partial charge is 0.0195 e. The second-order valence-corrected chi connectivity index (χ2v) is 4.22. The first kappa shape index (κ1) is 13.0. The molecule has 0 bridgehead atoms. The molecule has 2 saturated carbocycles. The van der Waals surface area contributed by atoms with Gasteiger partial charge in [-0.3, -0.25) is 0 Å². The van der Waals surface area contributed by atoms with Gasteiger partial charge in [-0.15, -0.1) is 0 Å². The number of nitrogens with two attached hydrogens (primary N) is 1. The molecule has 0 atom stereocenters. The fraction of sp³-hybridized carbons (Fsp3) is 1.00. The minimum absolute atomic E-state index is 0.888. The van der Waals surface area contributed by atoms with E-state index in [0.717, 1.165) is 11.3 Å². The van der Waals surface area contributed by atoms with E-state index in [-0.39, 0.29) is 0 Å². The summed E-state index contributed by atoms with van der Waals surface area (Å²) in [6.07, 6.45) is 9.24. The molecule has 0 aliphatic heterocycles. The van der Waals surface area contributed by atoms with Crippen molar-refractivity contribution in [1.29, 1.82) is 0 Å². The standard InChI is InChI=1S/C9H16.C2H6.CH5N/c1-8-6-9(7-8)4-2-3-5-9;2*1-2/h8H,2-7H2,1H3;1-2H3;2H2,1H3. The van der Waals surface area contributed by atoms with Crippen molar-refractivity contribution < 1.29 is 0 Å². The molecule has 0 radical (unpaired) electrons. The molecule has 0 unspecified atom stereocenters. The lowest BCUT2D eigenvalue weighted by molar-refractivity contribution is 0.0745. The maximum absolute atomic E-state index is 4.50. The molecule has 0 aromatic carbocycles. The van der Waals surface area contributed by atoms with E-state index in [2.05, 4.69) is 12.7 Å². The lowest BCUT2D eigenvalue weighted by Gasteiger charge is -2.44. The number of hydrogen-bond donors (Lipinski definition) is 1. The van der Waals surface area contributed by atoms with Crippen molar-refractivity contribution in [2.24, 2.45) is 17.1 Å². The molecule has 80 valence electrons. The highest BCUT2D eigenvalue weighted by Crippen LogP contribution is 2.55. The molecule has 2 aliphatic carbocycles. The summed E-state index contributed by atoms with van der Waals surface area (Å²) >= 11 is 0. The van der Waals surface area contributed by atoms with Crippen LogP contribution in [-0.2, 0) is 0 Å². The zero-order valence-electron chi connectivity index (χ0n) is 9.90. The summed E-state index contributed by atoms with van der Waals surface area (Å²) in [5.41, 5.74) is 5.39. The molecule has 0 amide bonds. The summed E-state index contributed by atoms with van der Waals surface area (Å²) in [7, 11) is 1.50. The zero-order chi connectivity index (χ0) is 10.3. The average molecular weight is 185 g/mol. The Morgan fingerprint density at radius 2 is 1.38 bits per heavy atom. The summed E-state index contributed by atoms with van der Waals surface area (Å²) in [6, 6.07) is 0. The fourth-order valence-corrected chi connectivity index (χ4v) is 2.95. The van der Waals surface area contributed by atoms with Gasteiger partial charge in [0.2, 0.25) is 0 Å². The van der Waals surface area contributed by atoms with Gasteiger partial charge in [-0.05, 0) is 44.1 Å². The maximum atomic E-state index is 4.50. The molecule has 2 aliphatic rings. The maximum Gasteiger partial charge on any atom is -0.0195 e. The Morgan fingerprint density at radius 3 is 1.69 bits per heavy atom. The Hall–Kier alpha value is -0.0400. The van der Waals surface area contributed by atoms with E-state index in [9.17, 15) is 0 Å². The van der Waals surface area contributed by atoms with Gasteiger partial charge in [0.1, 0.15) is 0 Å². The lowest BCUT2D eigenvalue weighted by Crippen LogP contribution is -2.32. The minimum Gasteiger partial charge on any atom is -0.333 e. The third-order valence-corrected chi connectivity index (χ3v) is 3.23. The van der Waals surface area contributed by atoms with Gasteiger partial charge in [-0.25, -0.2) is 0 Å². The third kappa shape index (κ3) is 3.30. The normalized spacial score (nSPS) is 23.8. The second-order valence-electron chi connectivity index (χ2n) is 4.22. The van der Waals surface area contributed by atoms with Gasteiger partial charge in [0.15, 0.2) is 0 Å². The summed E-state index contributed by atoms with van der Waals surface area (Å²) < 4.78 is 0. The van der Waals surface area contributed by atoms with E-state index in [1.165, 1.54) is 19.9 Å². The second kappa shape index (κ2) is 6.42.